The molecule has 0 atom stereocenters. The van der Waals surface area contributed by atoms with Crippen molar-refractivity contribution in [3.8, 4) is 11.8 Å². The summed E-state index contributed by atoms with van der Waals surface area (Å²) in [5, 5.41) is 12.9. The van der Waals surface area contributed by atoms with Gasteiger partial charge in [-0.1, -0.05) is 6.07 Å². The Kier molecular flexibility index (Phi) is 4.41. The van der Waals surface area contributed by atoms with Crippen LogP contribution in [0.25, 0.3) is 0 Å². The Labute approximate surface area is 121 Å². The second-order valence-electron chi connectivity index (χ2n) is 4.25. The average Bonchev–Trinajstić information content (AvgIpc) is 2.89. The Balaban J connectivity index is 1.93. The molecule has 0 radical (unpaired) electrons. The molecule has 108 valence electrons. The lowest BCUT2D eigenvalue weighted by molar-refractivity contribution is -0.145. The third-order valence-corrected chi connectivity index (χ3v) is 2.74. The van der Waals surface area contributed by atoms with Crippen molar-refractivity contribution in [2.24, 2.45) is 0 Å². The number of nitrogens with two attached hydrogens (primary N) is 1. The SMILES string of the molecule is COc1ccc(COC(=O)Cn2ccc(N)n2)cc1C#N. The molecule has 1 aromatic carbocycles. The molecule has 1 aromatic heterocycles. The van der Waals surface area contributed by atoms with Crippen LogP contribution in [-0.4, -0.2) is 22.9 Å². The van der Waals surface area contributed by atoms with Crippen molar-refractivity contribution in [1.82, 2.24) is 9.78 Å². The van der Waals surface area contributed by atoms with Gasteiger partial charge in [-0.3, -0.25) is 9.48 Å². The highest BCUT2D eigenvalue weighted by atomic mass is 16.5. The second kappa shape index (κ2) is 6.43. The fourth-order valence-corrected chi connectivity index (χ4v) is 1.74. The van der Waals surface area contributed by atoms with Gasteiger partial charge in [-0.05, 0) is 23.8 Å². The van der Waals surface area contributed by atoms with E-state index in [1.807, 2.05) is 6.07 Å². The largest absolute Gasteiger partial charge is 0.495 e. The Morgan fingerprint density at radius 1 is 1.48 bits per heavy atom. The molecule has 0 bridgehead atoms. The quantitative estimate of drug-likeness (QED) is 0.825. The minimum Gasteiger partial charge on any atom is -0.495 e. The molecule has 0 amide bonds. The van der Waals surface area contributed by atoms with Crippen LogP contribution in [-0.2, 0) is 22.7 Å². The van der Waals surface area contributed by atoms with E-state index < -0.39 is 5.97 Å². The molecule has 0 aliphatic heterocycles. The highest BCUT2D eigenvalue weighted by Gasteiger charge is 2.08. The van der Waals surface area contributed by atoms with Gasteiger partial charge in [0.15, 0.2) is 0 Å². The first-order chi connectivity index (χ1) is 10.1. The molecule has 2 rings (SSSR count). The van der Waals surface area contributed by atoms with Crippen molar-refractivity contribution in [3.05, 3.63) is 41.6 Å². The number of carbonyl (C=O) groups excluding carboxylic acids is 1. The monoisotopic (exact) mass is 286 g/mol. The van der Waals surface area contributed by atoms with E-state index in [0.29, 0.717) is 22.7 Å². The molecule has 7 heteroatoms. The van der Waals surface area contributed by atoms with Crippen LogP contribution >= 0.6 is 0 Å². The average molecular weight is 286 g/mol. The summed E-state index contributed by atoms with van der Waals surface area (Å²) in [4.78, 5) is 11.7. The standard InChI is InChI=1S/C14H14N4O3/c1-20-12-3-2-10(6-11(12)7-15)9-21-14(19)8-18-5-4-13(16)17-18/h2-6H,8-9H2,1H3,(H2,16,17). The Morgan fingerprint density at radius 3 is 2.90 bits per heavy atom. The van der Waals surface area contributed by atoms with Crippen LogP contribution in [0.4, 0.5) is 5.82 Å². The number of ether oxygens (including phenoxy) is 2. The molecule has 0 fully saturated rings. The van der Waals surface area contributed by atoms with Crippen molar-refractivity contribution in [2.45, 2.75) is 13.2 Å². The van der Waals surface area contributed by atoms with E-state index in [2.05, 4.69) is 5.10 Å². The zero-order valence-corrected chi connectivity index (χ0v) is 11.4. The molecule has 7 nitrogen and oxygen atoms in total. The number of methoxy groups -OCH3 is 1. The van der Waals surface area contributed by atoms with E-state index in [1.165, 1.54) is 11.8 Å². The fraction of sp³-hybridized carbons (Fsp3) is 0.214. The van der Waals surface area contributed by atoms with Crippen LogP contribution < -0.4 is 10.5 Å². The summed E-state index contributed by atoms with van der Waals surface area (Å²) in [6, 6.07) is 8.64. The summed E-state index contributed by atoms with van der Waals surface area (Å²) in [5.74, 6) is 0.392. The summed E-state index contributed by atoms with van der Waals surface area (Å²) in [6.07, 6.45) is 1.60. The minimum absolute atomic E-state index is 0.0154. The number of nitrogens with zero attached hydrogens (tertiary/aromatic N) is 3. The number of aromatic nitrogens is 2. The summed E-state index contributed by atoms with van der Waals surface area (Å²) in [7, 11) is 1.49. The third-order valence-electron chi connectivity index (χ3n) is 2.74. The Morgan fingerprint density at radius 2 is 2.29 bits per heavy atom. The van der Waals surface area contributed by atoms with Gasteiger partial charge >= 0.3 is 5.97 Å². The van der Waals surface area contributed by atoms with Gasteiger partial charge < -0.3 is 15.2 Å². The van der Waals surface area contributed by atoms with Gasteiger partial charge in [-0.25, -0.2) is 0 Å². The van der Waals surface area contributed by atoms with Gasteiger partial charge in [0, 0.05) is 6.20 Å². The van der Waals surface area contributed by atoms with Gasteiger partial charge in [-0.2, -0.15) is 10.4 Å². The number of benzene rings is 1. The maximum absolute atomic E-state index is 11.7. The van der Waals surface area contributed by atoms with E-state index >= 15 is 0 Å². The first kappa shape index (κ1) is 14.4. The van der Waals surface area contributed by atoms with Gasteiger partial charge in [0.1, 0.15) is 30.8 Å². The van der Waals surface area contributed by atoms with Crippen LogP contribution in [0.5, 0.6) is 5.75 Å². The lowest BCUT2D eigenvalue weighted by atomic mass is 10.1. The van der Waals surface area contributed by atoms with Gasteiger partial charge in [0.25, 0.3) is 0 Å². The predicted molar refractivity (Wildman–Crippen MR) is 74.1 cm³/mol. The number of nitrogen functional groups attached to an aromatic ring is 1. The lowest BCUT2D eigenvalue weighted by Crippen LogP contribution is -2.14. The number of carbonyl (C=O) groups is 1. The molecular formula is C14H14N4O3. The predicted octanol–water partition coefficient (Wildman–Crippen LogP) is 1.09. The molecule has 0 aliphatic rings. The molecule has 0 saturated heterocycles. The number of hydrogen-bond donors (Lipinski definition) is 1. The van der Waals surface area contributed by atoms with Crippen LogP contribution in [0.1, 0.15) is 11.1 Å². The first-order valence-electron chi connectivity index (χ1n) is 6.14. The van der Waals surface area contributed by atoms with E-state index in [0.717, 1.165) is 0 Å². The highest BCUT2D eigenvalue weighted by Crippen LogP contribution is 2.19. The van der Waals surface area contributed by atoms with Crippen LogP contribution in [0, 0.1) is 11.3 Å². The maximum atomic E-state index is 11.7. The summed E-state index contributed by atoms with van der Waals surface area (Å²) < 4.78 is 11.6. The van der Waals surface area contributed by atoms with Gasteiger partial charge in [0.05, 0.1) is 12.7 Å². The first-order valence-corrected chi connectivity index (χ1v) is 6.14. The summed E-state index contributed by atoms with van der Waals surface area (Å²) in [6.45, 7) is 0.0622. The van der Waals surface area contributed by atoms with Crippen LogP contribution in [0.15, 0.2) is 30.5 Å². The van der Waals surface area contributed by atoms with Gasteiger partial charge in [0.2, 0.25) is 0 Å². The number of hydrogen-bond acceptors (Lipinski definition) is 6. The normalized spacial score (nSPS) is 9.90. The van der Waals surface area contributed by atoms with Crippen molar-refractivity contribution >= 4 is 11.8 Å². The summed E-state index contributed by atoms with van der Waals surface area (Å²) >= 11 is 0. The van der Waals surface area contributed by atoms with Gasteiger partial charge in [-0.15, -0.1) is 0 Å². The third kappa shape index (κ3) is 3.73. The smallest absolute Gasteiger partial charge is 0.328 e. The Bertz CT molecular complexity index is 688. The molecule has 2 aromatic rings. The van der Waals surface area contributed by atoms with Crippen LogP contribution in [0.3, 0.4) is 0 Å². The van der Waals surface area contributed by atoms with E-state index in [-0.39, 0.29) is 13.2 Å². The fourth-order valence-electron chi connectivity index (χ4n) is 1.74. The molecular weight excluding hydrogens is 272 g/mol. The molecule has 0 saturated carbocycles. The Hall–Kier alpha value is -3.01. The molecule has 21 heavy (non-hydrogen) atoms. The van der Waals surface area contributed by atoms with E-state index in [9.17, 15) is 4.79 Å². The van der Waals surface area contributed by atoms with E-state index in [1.54, 1.807) is 30.5 Å². The zero-order valence-electron chi connectivity index (χ0n) is 11.4. The zero-order chi connectivity index (χ0) is 15.2. The number of anilines is 1. The molecule has 2 N–H and O–H groups in total. The molecule has 1 heterocycles. The summed E-state index contributed by atoms with van der Waals surface area (Å²) in [5.41, 5.74) is 6.56. The second-order valence-corrected chi connectivity index (χ2v) is 4.25. The molecule has 0 aliphatic carbocycles. The topological polar surface area (TPSA) is 103 Å². The molecule has 0 unspecified atom stereocenters. The molecule has 0 spiro atoms. The maximum Gasteiger partial charge on any atom is 0.328 e. The number of nitriles is 1. The highest BCUT2D eigenvalue weighted by molar-refractivity contribution is 5.69. The van der Waals surface area contributed by atoms with Crippen molar-refractivity contribution in [1.29, 1.82) is 5.26 Å². The van der Waals surface area contributed by atoms with Crippen LogP contribution in [0.2, 0.25) is 0 Å². The van der Waals surface area contributed by atoms with Crippen molar-refractivity contribution in [3.63, 3.8) is 0 Å². The minimum atomic E-state index is -0.438. The van der Waals surface area contributed by atoms with E-state index in [4.69, 9.17) is 20.5 Å². The van der Waals surface area contributed by atoms with Crippen molar-refractivity contribution in [2.75, 3.05) is 12.8 Å². The lowest BCUT2D eigenvalue weighted by Gasteiger charge is -2.07. The van der Waals surface area contributed by atoms with Crippen molar-refractivity contribution < 1.29 is 14.3 Å². The number of esters is 1. The number of rotatable bonds is 5.